The lowest BCUT2D eigenvalue weighted by atomic mass is 10.2. The van der Waals surface area contributed by atoms with E-state index in [1.165, 1.54) is 22.8 Å². The summed E-state index contributed by atoms with van der Waals surface area (Å²) in [4.78, 5) is 16.4. The van der Waals surface area contributed by atoms with Crippen molar-refractivity contribution in [1.82, 2.24) is 4.57 Å². The number of carbonyl (C=O) groups excluding carboxylic acids is 1. The lowest BCUT2D eigenvalue weighted by molar-refractivity contribution is 0.0994. The molecule has 0 spiro atoms. The molecule has 0 unspecified atom stereocenters. The molecule has 0 aliphatic carbocycles. The first-order chi connectivity index (χ1) is 11.5. The number of rotatable bonds is 2. The minimum Gasteiger partial charge on any atom is -0.302 e. The summed E-state index contributed by atoms with van der Waals surface area (Å²) in [5, 5.41) is -0.0421. The van der Waals surface area contributed by atoms with Crippen LogP contribution in [0, 0.1) is 24.0 Å². The van der Waals surface area contributed by atoms with Gasteiger partial charge >= 0.3 is 0 Å². The Balaban J connectivity index is 2.24. The summed E-state index contributed by atoms with van der Waals surface area (Å²) in [5.74, 6) is 0.300. The van der Waals surface area contributed by atoms with Crippen LogP contribution in [0.5, 0.6) is 0 Å². The van der Waals surface area contributed by atoms with E-state index in [0.29, 0.717) is 4.70 Å². The molecular formula is C17H9ClF2N2OS. The number of halogens is 3. The molecule has 0 saturated heterocycles. The summed E-state index contributed by atoms with van der Waals surface area (Å²) < 4.78 is 29.9. The van der Waals surface area contributed by atoms with Gasteiger partial charge in [0.05, 0.1) is 27.3 Å². The lowest BCUT2D eigenvalue weighted by Gasteiger charge is -2.02. The Labute approximate surface area is 144 Å². The van der Waals surface area contributed by atoms with Gasteiger partial charge in [0.2, 0.25) is 0 Å². The summed E-state index contributed by atoms with van der Waals surface area (Å²) in [5.41, 5.74) is -0.0732. The van der Waals surface area contributed by atoms with Crippen molar-refractivity contribution in [3.8, 4) is 12.3 Å². The Morgan fingerprint density at radius 2 is 1.96 bits per heavy atom. The van der Waals surface area contributed by atoms with Crippen LogP contribution in [-0.4, -0.2) is 10.5 Å². The van der Waals surface area contributed by atoms with E-state index in [0.717, 1.165) is 17.4 Å². The largest absolute Gasteiger partial charge is 0.302 e. The van der Waals surface area contributed by atoms with Crippen LogP contribution in [0.2, 0.25) is 5.02 Å². The molecule has 7 heteroatoms. The van der Waals surface area contributed by atoms with Crippen molar-refractivity contribution < 1.29 is 13.6 Å². The molecule has 3 nitrogen and oxygen atoms in total. The van der Waals surface area contributed by atoms with Crippen molar-refractivity contribution in [3.05, 3.63) is 63.4 Å². The zero-order valence-electron chi connectivity index (χ0n) is 12.1. The standard InChI is InChI=1S/C17H9ClF2N2OS/c1-2-9-22-15-12(20)7-4-8-13(15)24-17(22)21-16(23)14-10(18)5-3-6-11(14)19/h1,3-8H,9H2. The summed E-state index contributed by atoms with van der Waals surface area (Å²) in [6.07, 6.45) is 5.32. The topological polar surface area (TPSA) is 34.4 Å². The first-order valence-corrected chi connectivity index (χ1v) is 7.96. The van der Waals surface area contributed by atoms with Crippen LogP contribution in [0.4, 0.5) is 8.78 Å². The molecule has 0 radical (unpaired) electrons. The molecule has 0 N–H and O–H groups in total. The number of carbonyl (C=O) groups is 1. The van der Waals surface area contributed by atoms with Crippen molar-refractivity contribution in [2.75, 3.05) is 0 Å². The second-order valence-electron chi connectivity index (χ2n) is 4.78. The van der Waals surface area contributed by atoms with Crippen LogP contribution in [0.25, 0.3) is 10.2 Å². The van der Waals surface area contributed by atoms with Crippen LogP contribution >= 0.6 is 22.9 Å². The molecule has 0 aliphatic heterocycles. The second-order valence-corrected chi connectivity index (χ2v) is 6.19. The van der Waals surface area contributed by atoms with Gasteiger partial charge in [-0.25, -0.2) is 8.78 Å². The van der Waals surface area contributed by atoms with Gasteiger partial charge in [-0.15, -0.1) is 6.42 Å². The fraction of sp³-hybridized carbons (Fsp3) is 0.0588. The Kier molecular flexibility index (Phi) is 4.47. The van der Waals surface area contributed by atoms with E-state index in [1.54, 1.807) is 12.1 Å². The lowest BCUT2D eigenvalue weighted by Crippen LogP contribution is -2.17. The maximum atomic E-state index is 14.1. The van der Waals surface area contributed by atoms with Gasteiger partial charge < -0.3 is 4.57 Å². The van der Waals surface area contributed by atoms with E-state index >= 15 is 0 Å². The number of hydrogen-bond acceptors (Lipinski definition) is 2. The van der Waals surface area contributed by atoms with Crippen molar-refractivity contribution in [2.45, 2.75) is 6.54 Å². The summed E-state index contributed by atoms with van der Waals surface area (Å²) in [7, 11) is 0. The van der Waals surface area contributed by atoms with Gasteiger partial charge in [0.25, 0.3) is 5.91 Å². The van der Waals surface area contributed by atoms with Gasteiger partial charge in [0, 0.05) is 0 Å². The minimum absolute atomic E-state index is 0.0258. The number of aromatic nitrogens is 1. The van der Waals surface area contributed by atoms with Crippen molar-refractivity contribution in [2.24, 2.45) is 4.99 Å². The fourth-order valence-electron chi connectivity index (χ4n) is 2.25. The number of amides is 1. The number of hydrogen-bond donors (Lipinski definition) is 0. The molecule has 0 saturated carbocycles. The van der Waals surface area contributed by atoms with Gasteiger partial charge in [-0.3, -0.25) is 4.79 Å². The van der Waals surface area contributed by atoms with Crippen LogP contribution < -0.4 is 4.80 Å². The maximum Gasteiger partial charge on any atom is 0.284 e. The monoisotopic (exact) mass is 362 g/mol. The highest BCUT2D eigenvalue weighted by atomic mass is 35.5. The van der Waals surface area contributed by atoms with E-state index in [1.807, 2.05) is 0 Å². The van der Waals surface area contributed by atoms with E-state index in [9.17, 15) is 13.6 Å². The predicted molar refractivity (Wildman–Crippen MR) is 89.9 cm³/mol. The van der Waals surface area contributed by atoms with E-state index in [2.05, 4.69) is 10.9 Å². The molecular weight excluding hydrogens is 354 g/mol. The Morgan fingerprint density at radius 3 is 2.67 bits per heavy atom. The molecule has 1 amide bonds. The first-order valence-electron chi connectivity index (χ1n) is 6.77. The molecule has 0 fully saturated rings. The molecule has 1 heterocycles. The molecule has 3 rings (SSSR count). The number of fused-ring (bicyclic) bond motifs is 1. The number of terminal acetylenes is 1. The third kappa shape index (κ3) is 2.84. The third-order valence-electron chi connectivity index (χ3n) is 3.28. The predicted octanol–water partition coefficient (Wildman–Crippen LogP) is 4.01. The SMILES string of the molecule is C#CCn1c(=NC(=O)c2c(F)cccc2Cl)sc2cccc(F)c21. The zero-order chi connectivity index (χ0) is 17.3. The van der Waals surface area contributed by atoms with E-state index in [4.69, 9.17) is 18.0 Å². The fourth-order valence-corrected chi connectivity index (χ4v) is 3.54. The normalized spacial score (nSPS) is 11.7. The number of nitrogens with zero attached hydrogens (tertiary/aromatic N) is 2. The van der Waals surface area contributed by atoms with Gasteiger partial charge in [-0.2, -0.15) is 4.99 Å². The van der Waals surface area contributed by atoms with Crippen molar-refractivity contribution in [1.29, 1.82) is 0 Å². The van der Waals surface area contributed by atoms with E-state index in [-0.39, 0.29) is 27.4 Å². The average Bonchev–Trinajstić information content (AvgIpc) is 2.86. The summed E-state index contributed by atoms with van der Waals surface area (Å²) in [6, 6.07) is 8.44. The first kappa shape index (κ1) is 16.4. The second kappa shape index (κ2) is 6.56. The Morgan fingerprint density at radius 1 is 1.25 bits per heavy atom. The van der Waals surface area contributed by atoms with Gasteiger partial charge in [-0.05, 0) is 24.3 Å². The third-order valence-corrected chi connectivity index (χ3v) is 4.63. The number of thiazole rings is 1. The van der Waals surface area contributed by atoms with Crippen LogP contribution in [-0.2, 0) is 6.54 Å². The quantitative estimate of drug-likeness (QED) is 0.634. The number of para-hydroxylation sites is 1. The molecule has 0 aliphatic rings. The van der Waals surface area contributed by atoms with Crippen molar-refractivity contribution >= 4 is 39.1 Å². The smallest absolute Gasteiger partial charge is 0.284 e. The highest BCUT2D eigenvalue weighted by Crippen LogP contribution is 2.22. The van der Waals surface area contributed by atoms with Crippen LogP contribution in [0.3, 0.4) is 0 Å². The highest BCUT2D eigenvalue weighted by Gasteiger charge is 2.17. The molecule has 3 aromatic rings. The molecule has 24 heavy (non-hydrogen) atoms. The van der Waals surface area contributed by atoms with E-state index < -0.39 is 17.5 Å². The molecule has 120 valence electrons. The molecule has 0 bridgehead atoms. The average molecular weight is 363 g/mol. The van der Waals surface area contributed by atoms with Crippen molar-refractivity contribution in [3.63, 3.8) is 0 Å². The molecule has 0 atom stereocenters. The van der Waals surface area contributed by atoms with Gasteiger partial charge in [0.1, 0.15) is 11.6 Å². The maximum absolute atomic E-state index is 14.1. The van der Waals surface area contributed by atoms with Gasteiger partial charge in [0.15, 0.2) is 4.80 Å². The van der Waals surface area contributed by atoms with Gasteiger partial charge in [-0.1, -0.05) is 41.0 Å². The Bertz CT molecular complexity index is 1040. The summed E-state index contributed by atoms with van der Waals surface area (Å²) >= 11 is 6.97. The number of benzene rings is 2. The Hall–Kier alpha value is -2.49. The zero-order valence-corrected chi connectivity index (χ0v) is 13.7. The molecule has 2 aromatic carbocycles. The van der Waals surface area contributed by atoms with Crippen LogP contribution in [0.1, 0.15) is 10.4 Å². The summed E-state index contributed by atoms with van der Waals surface area (Å²) in [6.45, 7) is 0.0258. The van der Waals surface area contributed by atoms with Crippen LogP contribution in [0.15, 0.2) is 41.4 Å². The minimum atomic E-state index is -0.851. The molecule has 1 aromatic heterocycles. The highest BCUT2D eigenvalue weighted by molar-refractivity contribution is 7.16.